The van der Waals surface area contributed by atoms with E-state index in [1.54, 1.807) is 28.7 Å². The molecule has 0 aliphatic carbocycles. The van der Waals surface area contributed by atoms with Gasteiger partial charge in [-0.2, -0.15) is 10.2 Å². The summed E-state index contributed by atoms with van der Waals surface area (Å²) in [5.74, 6) is 0.0358. The molecule has 2 heterocycles. The number of Topliss-reactive ketones (excluding diaryl/α,β-unsaturated/α-hetero) is 1. The van der Waals surface area contributed by atoms with Gasteiger partial charge in [0.2, 0.25) is 0 Å². The molecule has 0 fully saturated rings. The number of ketones is 1. The van der Waals surface area contributed by atoms with Crippen LogP contribution in [0.1, 0.15) is 16.2 Å². The minimum absolute atomic E-state index is 0.0358. The summed E-state index contributed by atoms with van der Waals surface area (Å²) in [5.41, 5.74) is 1.39. The van der Waals surface area contributed by atoms with Crippen molar-refractivity contribution in [2.45, 2.75) is 6.42 Å². The molecule has 2 aromatic rings. The molecule has 0 atom stereocenters. The first kappa shape index (κ1) is 9.64. The van der Waals surface area contributed by atoms with Gasteiger partial charge in [0.15, 0.2) is 5.78 Å². The van der Waals surface area contributed by atoms with Gasteiger partial charge in [-0.25, -0.2) is 0 Å². The van der Waals surface area contributed by atoms with Crippen molar-refractivity contribution in [2.75, 3.05) is 0 Å². The van der Waals surface area contributed by atoms with Gasteiger partial charge in [-0.15, -0.1) is 0 Å². The van der Waals surface area contributed by atoms with Crippen LogP contribution in [0.3, 0.4) is 0 Å². The van der Waals surface area contributed by atoms with Gasteiger partial charge in [0.1, 0.15) is 5.69 Å². The summed E-state index contributed by atoms with van der Waals surface area (Å²) in [7, 11) is 3.59. The molecule has 0 aromatic carbocycles. The molecule has 0 unspecified atom stereocenters. The fourth-order valence-electron chi connectivity index (χ4n) is 1.46. The normalized spacial score (nSPS) is 10.5. The fourth-order valence-corrected chi connectivity index (χ4v) is 1.46. The topological polar surface area (TPSA) is 52.7 Å². The highest BCUT2D eigenvalue weighted by atomic mass is 16.1. The van der Waals surface area contributed by atoms with E-state index in [2.05, 4.69) is 10.2 Å². The number of carbonyl (C=O) groups excluding carboxylic acids is 1. The molecular formula is C10H12N4O. The average molecular weight is 204 g/mol. The predicted octanol–water partition coefficient (Wildman–Crippen LogP) is 0.579. The van der Waals surface area contributed by atoms with Gasteiger partial charge in [0.05, 0.1) is 12.1 Å². The fraction of sp³-hybridized carbons (Fsp3) is 0.300. The highest BCUT2D eigenvalue weighted by Gasteiger charge is 2.11. The summed E-state index contributed by atoms with van der Waals surface area (Å²) in [6, 6.07) is 3.56. The van der Waals surface area contributed by atoms with Crippen molar-refractivity contribution in [3.63, 3.8) is 0 Å². The maximum atomic E-state index is 11.8. The van der Waals surface area contributed by atoms with Crippen LogP contribution < -0.4 is 0 Å². The highest BCUT2D eigenvalue weighted by Crippen LogP contribution is 2.04. The Morgan fingerprint density at radius 1 is 1.40 bits per heavy atom. The molecule has 15 heavy (non-hydrogen) atoms. The molecule has 78 valence electrons. The Labute approximate surface area is 87.3 Å². The quantitative estimate of drug-likeness (QED) is 0.687. The lowest BCUT2D eigenvalue weighted by molar-refractivity contribution is 0.0983. The zero-order valence-electron chi connectivity index (χ0n) is 8.71. The van der Waals surface area contributed by atoms with Crippen molar-refractivity contribution in [1.82, 2.24) is 19.6 Å². The van der Waals surface area contributed by atoms with E-state index < -0.39 is 0 Å². The summed E-state index contributed by atoms with van der Waals surface area (Å²) >= 11 is 0. The van der Waals surface area contributed by atoms with Gasteiger partial charge < -0.3 is 0 Å². The molecule has 0 aliphatic heterocycles. The standard InChI is InChI=1S/C10H12N4O/c1-13-6-4-8(12-13)7-10(15)9-3-5-11-14(9)2/h3-6H,7H2,1-2H3. The SMILES string of the molecule is Cn1ccc(CC(=O)c2ccnn2C)n1. The van der Waals surface area contributed by atoms with Gasteiger partial charge in [0, 0.05) is 26.5 Å². The maximum absolute atomic E-state index is 11.8. The van der Waals surface area contributed by atoms with Crippen LogP contribution in [-0.4, -0.2) is 25.3 Å². The lowest BCUT2D eigenvalue weighted by Gasteiger charge is -1.98. The van der Waals surface area contributed by atoms with Crippen LogP contribution in [0.5, 0.6) is 0 Å². The number of nitrogens with zero attached hydrogens (tertiary/aromatic N) is 4. The molecule has 0 radical (unpaired) electrons. The first-order valence-electron chi connectivity index (χ1n) is 4.66. The number of aryl methyl sites for hydroxylation is 2. The van der Waals surface area contributed by atoms with E-state index in [0.29, 0.717) is 12.1 Å². The molecule has 0 amide bonds. The first-order chi connectivity index (χ1) is 7.16. The van der Waals surface area contributed by atoms with E-state index in [4.69, 9.17) is 0 Å². The van der Waals surface area contributed by atoms with Crippen LogP contribution in [0, 0.1) is 0 Å². The monoisotopic (exact) mass is 204 g/mol. The maximum Gasteiger partial charge on any atom is 0.186 e. The van der Waals surface area contributed by atoms with Gasteiger partial charge in [-0.05, 0) is 12.1 Å². The molecule has 2 rings (SSSR count). The smallest absolute Gasteiger partial charge is 0.186 e. The van der Waals surface area contributed by atoms with Crippen LogP contribution >= 0.6 is 0 Å². The van der Waals surface area contributed by atoms with Crippen LogP contribution in [0.2, 0.25) is 0 Å². The number of hydrogen-bond donors (Lipinski definition) is 0. The molecular weight excluding hydrogens is 192 g/mol. The van der Waals surface area contributed by atoms with E-state index in [9.17, 15) is 4.79 Å². The van der Waals surface area contributed by atoms with E-state index in [1.165, 1.54) is 0 Å². The highest BCUT2D eigenvalue weighted by molar-refractivity contribution is 5.95. The van der Waals surface area contributed by atoms with Gasteiger partial charge in [-0.3, -0.25) is 14.2 Å². The minimum atomic E-state index is 0.0358. The molecule has 5 nitrogen and oxygen atoms in total. The van der Waals surface area contributed by atoms with Crippen LogP contribution in [0.15, 0.2) is 24.5 Å². The van der Waals surface area contributed by atoms with Gasteiger partial charge in [0.25, 0.3) is 0 Å². The Morgan fingerprint density at radius 2 is 2.20 bits per heavy atom. The van der Waals surface area contributed by atoms with Crippen molar-refractivity contribution in [3.8, 4) is 0 Å². The van der Waals surface area contributed by atoms with E-state index in [-0.39, 0.29) is 5.78 Å². The summed E-state index contributed by atoms with van der Waals surface area (Å²) in [5, 5.41) is 8.11. The minimum Gasteiger partial charge on any atom is -0.292 e. The van der Waals surface area contributed by atoms with E-state index >= 15 is 0 Å². The summed E-state index contributed by atoms with van der Waals surface area (Å²) in [6.45, 7) is 0. The number of hydrogen-bond acceptors (Lipinski definition) is 3. The molecule has 0 saturated carbocycles. The average Bonchev–Trinajstić information content (AvgIpc) is 2.75. The Morgan fingerprint density at radius 3 is 2.73 bits per heavy atom. The van der Waals surface area contributed by atoms with Crippen molar-refractivity contribution < 1.29 is 4.79 Å². The molecule has 0 spiro atoms. The van der Waals surface area contributed by atoms with Crippen molar-refractivity contribution in [1.29, 1.82) is 0 Å². The van der Waals surface area contributed by atoms with E-state index in [0.717, 1.165) is 5.69 Å². The van der Waals surface area contributed by atoms with Crippen LogP contribution in [-0.2, 0) is 20.5 Å². The summed E-state index contributed by atoms with van der Waals surface area (Å²) in [4.78, 5) is 11.8. The van der Waals surface area contributed by atoms with Crippen molar-refractivity contribution >= 4 is 5.78 Å². The summed E-state index contributed by atoms with van der Waals surface area (Å²) < 4.78 is 3.26. The molecule has 0 bridgehead atoms. The van der Waals surface area contributed by atoms with Gasteiger partial charge in [-0.1, -0.05) is 0 Å². The Bertz CT molecular complexity index is 483. The zero-order valence-corrected chi connectivity index (χ0v) is 8.71. The Hall–Kier alpha value is -1.91. The second-order valence-corrected chi connectivity index (χ2v) is 3.42. The number of aromatic nitrogens is 4. The predicted molar refractivity (Wildman–Crippen MR) is 54.5 cm³/mol. The number of rotatable bonds is 3. The second-order valence-electron chi connectivity index (χ2n) is 3.42. The van der Waals surface area contributed by atoms with Crippen molar-refractivity contribution in [3.05, 3.63) is 35.9 Å². The summed E-state index contributed by atoms with van der Waals surface area (Å²) in [6.07, 6.45) is 3.76. The Balaban J connectivity index is 2.14. The number of carbonyl (C=O) groups is 1. The van der Waals surface area contributed by atoms with Gasteiger partial charge >= 0.3 is 0 Å². The molecule has 5 heteroatoms. The van der Waals surface area contributed by atoms with Crippen LogP contribution in [0.25, 0.3) is 0 Å². The zero-order chi connectivity index (χ0) is 10.8. The third-order valence-electron chi connectivity index (χ3n) is 2.22. The third kappa shape index (κ3) is 1.96. The molecule has 0 N–H and O–H groups in total. The van der Waals surface area contributed by atoms with Crippen LogP contribution in [0.4, 0.5) is 0 Å². The van der Waals surface area contributed by atoms with Crippen molar-refractivity contribution in [2.24, 2.45) is 14.1 Å². The third-order valence-corrected chi connectivity index (χ3v) is 2.22. The Kier molecular flexibility index (Phi) is 2.37. The molecule has 2 aromatic heterocycles. The second kappa shape index (κ2) is 3.68. The lowest BCUT2D eigenvalue weighted by Crippen LogP contribution is -2.10. The molecule has 0 aliphatic rings. The molecule has 0 saturated heterocycles. The first-order valence-corrected chi connectivity index (χ1v) is 4.66. The van der Waals surface area contributed by atoms with E-state index in [1.807, 2.05) is 19.3 Å². The lowest BCUT2D eigenvalue weighted by atomic mass is 10.2. The largest absolute Gasteiger partial charge is 0.292 e.